The van der Waals surface area contributed by atoms with Crippen LogP contribution in [0.1, 0.15) is 24.2 Å². The maximum absolute atomic E-state index is 6.00. The highest BCUT2D eigenvalue weighted by Crippen LogP contribution is 2.40. The number of benzene rings is 4. The molecule has 168 valence electrons. The molecule has 4 aromatic carbocycles. The zero-order chi connectivity index (χ0) is 22.6. The zero-order valence-corrected chi connectivity index (χ0v) is 18.9. The summed E-state index contributed by atoms with van der Waals surface area (Å²) in [4.78, 5) is 0. The minimum Gasteiger partial charge on any atom is -0.490 e. The van der Waals surface area contributed by atoms with Crippen molar-refractivity contribution < 1.29 is 14.2 Å². The smallest absolute Gasteiger partial charge is 0.161 e. The van der Waals surface area contributed by atoms with E-state index in [1.54, 1.807) is 0 Å². The highest BCUT2D eigenvalue weighted by Gasteiger charge is 2.21. The molecule has 0 atom stereocenters. The Hall–Kier alpha value is -3.86. The topological polar surface area (TPSA) is 51.8 Å². The third-order valence-electron chi connectivity index (χ3n) is 5.70. The van der Waals surface area contributed by atoms with Gasteiger partial charge in [-0.3, -0.25) is 0 Å². The van der Waals surface area contributed by atoms with E-state index in [4.69, 9.17) is 14.2 Å². The van der Waals surface area contributed by atoms with Gasteiger partial charge in [0.2, 0.25) is 0 Å². The molecule has 1 heterocycles. The Labute approximate surface area is 194 Å². The summed E-state index contributed by atoms with van der Waals surface area (Å²) >= 11 is 0. The van der Waals surface area contributed by atoms with Crippen LogP contribution < -0.4 is 24.8 Å². The molecular formula is C28H28N2O3. The van der Waals surface area contributed by atoms with Crippen molar-refractivity contribution in [2.45, 2.75) is 20.0 Å². The van der Waals surface area contributed by atoms with E-state index in [1.807, 2.05) is 50.2 Å². The number of nitrogens with one attached hydrogen (secondary N) is 2. The molecule has 2 N–H and O–H groups in total. The minimum absolute atomic E-state index is 0.0663. The van der Waals surface area contributed by atoms with E-state index in [2.05, 4.69) is 53.1 Å². The SMILES string of the molecule is CCOc1cc(C2Nc3cccc4cccc(c34)N2)ccc1OCCOc1cccc(C)c1. The number of anilines is 2. The van der Waals surface area contributed by atoms with E-state index >= 15 is 0 Å². The molecule has 0 saturated heterocycles. The maximum Gasteiger partial charge on any atom is 0.161 e. The van der Waals surface area contributed by atoms with Crippen LogP contribution in [0.4, 0.5) is 11.4 Å². The van der Waals surface area contributed by atoms with Crippen LogP contribution in [0.3, 0.4) is 0 Å². The molecule has 0 saturated carbocycles. The minimum atomic E-state index is -0.0663. The summed E-state index contributed by atoms with van der Waals surface area (Å²) < 4.78 is 17.7. The van der Waals surface area contributed by atoms with Crippen LogP contribution in [-0.2, 0) is 0 Å². The molecule has 1 aliphatic rings. The van der Waals surface area contributed by atoms with E-state index in [1.165, 1.54) is 16.3 Å². The number of hydrogen-bond donors (Lipinski definition) is 2. The van der Waals surface area contributed by atoms with E-state index < -0.39 is 0 Å². The number of aryl methyl sites for hydroxylation is 1. The van der Waals surface area contributed by atoms with Crippen molar-refractivity contribution >= 4 is 22.1 Å². The fraction of sp³-hybridized carbons (Fsp3) is 0.214. The lowest BCUT2D eigenvalue weighted by atomic mass is 10.0. The molecule has 0 bridgehead atoms. The highest BCUT2D eigenvalue weighted by atomic mass is 16.5. The van der Waals surface area contributed by atoms with Gasteiger partial charge in [0, 0.05) is 16.8 Å². The summed E-state index contributed by atoms with van der Waals surface area (Å²) in [5, 5.41) is 9.66. The lowest BCUT2D eigenvalue weighted by molar-refractivity contribution is 0.208. The van der Waals surface area contributed by atoms with Crippen LogP contribution in [0.5, 0.6) is 17.2 Å². The lowest BCUT2D eigenvalue weighted by Crippen LogP contribution is -2.23. The molecule has 0 aliphatic carbocycles. The monoisotopic (exact) mass is 440 g/mol. The lowest BCUT2D eigenvalue weighted by Gasteiger charge is -2.30. The maximum atomic E-state index is 6.00. The van der Waals surface area contributed by atoms with Crippen molar-refractivity contribution in [3.05, 3.63) is 90.0 Å². The molecular weight excluding hydrogens is 412 g/mol. The van der Waals surface area contributed by atoms with Gasteiger partial charge in [-0.25, -0.2) is 0 Å². The average Bonchev–Trinajstić information content (AvgIpc) is 2.83. The van der Waals surface area contributed by atoms with Crippen molar-refractivity contribution in [1.29, 1.82) is 0 Å². The van der Waals surface area contributed by atoms with Crippen LogP contribution in [0.25, 0.3) is 10.8 Å². The Bertz CT molecular complexity index is 1230. The molecule has 5 rings (SSSR count). The van der Waals surface area contributed by atoms with E-state index in [9.17, 15) is 0 Å². The van der Waals surface area contributed by atoms with Crippen molar-refractivity contribution in [3.8, 4) is 17.2 Å². The van der Waals surface area contributed by atoms with Crippen molar-refractivity contribution in [2.24, 2.45) is 0 Å². The summed E-state index contributed by atoms with van der Waals surface area (Å²) in [5.41, 5.74) is 4.50. The number of ether oxygens (including phenoxy) is 3. The molecule has 0 spiro atoms. The second-order valence-corrected chi connectivity index (χ2v) is 8.08. The molecule has 5 heteroatoms. The van der Waals surface area contributed by atoms with Gasteiger partial charge in [0.1, 0.15) is 25.1 Å². The van der Waals surface area contributed by atoms with Gasteiger partial charge in [0.05, 0.1) is 6.61 Å². The van der Waals surface area contributed by atoms with E-state index in [0.717, 1.165) is 28.4 Å². The first-order chi connectivity index (χ1) is 16.2. The molecule has 0 fully saturated rings. The fourth-order valence-electron chi connectivity index (χ4n) is 4.20. The van der Waals surface area contributed by atoms with Crippen LogP contribution in [0.2, 0.25) is 0 Å². The molecule has 0 amide bonds. The van der Waals surface area contributed by atoms with Crippen molar-refractivity contribution in [2.75, 3.05) is 30.5 Å². The molecule has 0 unspecified atom stereocenters. The predicted octanol–water partition coefficient (Wildman–Crippen LogP) is 6.54. The summed E-state index contributed by atoms with van der Waals surface area (Å²) in [6, 6.07) is 26.8. The highest BCUT2D eigenvalue weighted by molar-refractivity contribution is 6.04. The first-order valence-corrected chi connectivity index (χ1v) is 11.3. The van der Waals surface area contributed by atoms with Gasteiger partial charge in [0.25, 0.3) is 0 Å². The fourth-order valence-corrected chi connectivity index (χ4v) is 4.20. The summed E-state index contributed by atoms with van der Waals surface area (Å²) in [5.74, 6) is 2.29. The Kier molecular flexibility index (Phi) is 5.94. The average molecular weight is 441 g/mol. The van der Waals surface area contributed by atoms with Crippen LogP contribution >= 0.6 is 0 Å². The van der Waals surface area contributed by atoms with Gasteiger partial charge >= 0.3 is 0 Å². The second kappa shape index (κ2) is 9.33. The van der Waals surface area contributed by atoms with Gasteiger partial charge in [0.15, 0.2) is 11.5 Å². The largest absolute Gasteiger partial charge is 0.490 e. The normalized spacial score (nSPS) is 12.7. The Morgan fingerprint density at radius 2 is 1.45 bits per heavy atom. The summed E-state index contributed by atoms with van der Waals surface area (Å²) in [6.07, 6.45) is -0.0663. The predicted molar refractivity (Wildman–Crippen MR) is 134 cm³/mol. The standard InChI is InChI=1S/C28H28N2O3/c1-3-31-26-18-21(13-14-25(26)33-16-15-32-22-10-4-7-19(2)17-22)28-29-23-11-5-8-20-9-6-12-24(30-28)27(20)23/h4-14,17-18,28-30H,3,15-16H2,1-2H3. The number of hydrogen-bond acceptors (Lipinski definition) is 5. The quantitative estimate of drug-likeness (QED) is 0.305. The molecule has 0 aromatic heterocycles. The molecule has 0 radical (unpaired) electrons. The Morgan fingerprint density at radius 1 is 0.727 bits per heavy atom. The van der Waals surface area contributed by atoms with E-state index in [-0.39, 0.29) is 6.17 Å². The second-order valence-electron chi connectivity index (χ2n) is 8.08. The first-order valence-electron chi connectivity index (χ1n) is 11.3. The Balaban J connectivity index is 1.29. The molecule has 5 nitrogen and oxygen atoms in total. The summed E-state index contributed by atoms with van der Waals surface area (Å²) in [7, 11) is 0. The third kappa shape index (κ3) is 4.53. The van der Waals surface area contributed by atoms with Gasteiger partial charge in [-0.1, -0.05) is 42.5 Å². The zero-order valence-electron chi connectivity index (χ0n) is 18.9. The molecule has 4 aromatic rings. The Morgan fingerprint density at radius 3 is 2.18 bits per heavy atom. The molecule has 33 heavy (non-hydrogen) atoms. The van der Waals surface area contributed by atoms with Crippen molar-refractivity contribution in [1.82, 2.24) is 0 Å². The van der Waals surface area contributed by atoms with Crippen LogP contribution in [-0.4, -0.2) is 19.8 Å². The third-order valence-corrected chi connectivity index (χ3v) is 5.70. The van der Waals surface area contributed by atoms with Gasteiger partial charge in [-0.15, -0.1) is 0 Å². The van der Waals surface area contributed by atoms with Crippen molar-refractivity contribution in [3.63, 3.8) is 0 Å². The van der Waals surface area contributed by atoms with Crippen LogP contribution in [0, 0.1) is 6.92 Å². The van der Waals surface area contributed by atoms with Gasteiger partial charge in [-0.05, 0) is 66.8 Å². The van der Waals surface area contributed by atoms with Gasteiger partial charge in [-0.2, -0.15) is 0 Å². The van der Waals surface area contributed by atoms with Crippen LogP contribution in [0.15, 0.2) is 78.9 Å². The van der Waals surface area contributed by atoms with Gasteiger partial charge < -0.3 is 24.8 Å². The number of rotatable bonds is 8. The van der Waals surface area contributed by atoms with E-state index in [0.29, 0.717) is 25.6 Å². The first kappa shape index (κ1) is 21.0. The summed E-state index contributed by atoms with van der Waals surface area (Å²) in [6.45, 7) is 5.49. The molecule has 1 aliphatic heterocycles.